The summed E-state index contributed by atoms with van der Waals surface area (Å²) in [4.78, 5) is 4.36. The van der Waals surface area contributed by atoms with Gasteiger partial charge < -0.3 is 14.4 Å². The van der Waals surface area contributed by atoms with Gasteiger partial charge in [-0.3, -0.25) is 0 Å². The zero-order valence-electron chi connectivity index (χ0n) is 12.1. The number of hydrogen-bond acceptors (Lipinski definition) is 3. The molecule has 0 radical (unpaired) electrons. The summed E-state index contributed by atoms with van der Waals surface area (Å²) in [6.45, 7) is 5.31. The summed E-state index contributed by atoms with van der Waals surface area (Å²) in [5.41, 5.74) is 0. The topological polar surface area (TPSA) is 47.3 Å². The van der Waals surface area contributed by atoms with Crippen molar-refractivity contribution in [2.75, 3.05) is 6.61 Å². The zero-order valence-corrected chi connectivity index (χ0v) is 12.1. The van der Waals surface area contributed by atoms with Crippen LogP contribution < -0.4 is 0 Å². The molecule has 0 aromatic carbocycles. The number of imidazole rings is 1. The van der Waals surface area contributed by atoms with Crippen LogP contribution in [0.4, 0.5) is 0 Å². The smallest absolute Gasteiger partial charge is 0.137 e. The summed E-state index contributed by atoms with van der Waals surface area (Å²) in [5, 5.41) is 10.4. The van der Waals surface area contributed by atoms with Crippen LogP contribution in [0.2, 0.25) is 0 Å². The van der Waals surface area contributed by atoms with E-state index in [-0.39, 0.29) is 12.2 Å². The number of ether oxygens (including phenoxy) is 1. The average Bonchev–Trinajstić information content (AvgIpc) is 2.88. The Bertz CT molecular complexity index is 372. The van der Waals surface area contributed by atoms with Crippen LogP contribution in [0.3, 0.4) is 0 Å². The summed E-state index contributed by atoms with van der Waals surface area (Å²) in [5.74, 6) is 1.36. The fourth-order valence-corrected chi connectivity index (χ4v) is 3.03. The summed E-state index contributed by atoms with van der Waals surface area (Å²) >= 11 is 0. The highest BCUT2D eigenvalue weighted by Crippen LogP contribution is 2.27. The van der Waals surface area contributed by atoms with Gasteiger partial charge in [0.1, 0.15) is 11.9 Å². The van der Waals surface area contributed by atoms with E-state index in [1.54, 1.807) is 6.20 Å². The molecular weight excluding hydrogens is 240 g/mol. The molecule has 1 aromatic heterocycles. The second-order valence-electron chi connectivity index (χ2n) is 5.50. The minimum atomic E-state index is -0.262. The molecule has 2 atom stereocenters. The molecule has 1 heterocycles. The zero-order chi connectivity index (χ0) is 13.7. The number of hydrogen-bond donors (Lipinski definition) is 1. The fourth-order valence-electron chi connectivity index (χ4n) is 3.03. The number of aliphatic hydroxyl groups is 1. The van der Waals surface area contributed by atoms with Gasteiger partial charge in [-0.15, -0.1) is 0 Å². The molecule has 0 spiro atoms. The van der Waals surface area contributed by atoms with Crippen LogP contribution in [-0.2, 0) is 11.3 Å². The number of aromatic nitrogens is 2. The van der Waals surface area contributed by atoms with Gasteiger partial charge in [-0.25, -0.2) is 4.98 Å². The minimum absolute atomic E-state index is 0.0152. The Morgan fingerprint density at radius 3 is 2.84 bits per heavy atom. The highest BCUT2D eigenvalue weighted by molar-refractivity contribution is 4.96. The number of nitrogens with zero attached hydrogens (tertiary/aromatic N) is 2. The lowest BCUT2D eigenvalue weighted by Gasteiger charge is -2.27. The average molecular weight is 266 g/mol. The molecule has 108 valence electrons. The van der Waals surface area contributed by atoms with E-state index in [9.17, 15) is 5.11 Å². The van der Waals surface area contributed by atoms with E-state index in [1.165, 1.54) is 19.3 Å². The van der Waals surface area contributed by atoms with Gasteiger partial charge in [-0.05, 0) is 32.6 Å². The Labute approximate surface area is 115 Å². The molecule has 2 rings (SSSR count). The quantitative estimate of drug-likeness (QED) is 0.861. The summed E-state index contributed by atoms with van der Waals surface area (Å²) in [7, 11) is 0. The second-order valence-corrected chi connectivity index (χ2v) is 5.50. The normalized spacial score (nSPS) is 20.4. The largest absolute Gasteiger partial charge is 0.391 e. The predicted molar refractivity (Wildman–Crippen MR) is 74.8 cm³/mol. The van der Waals surface area contributed by atoms with E-state index in [2.05, 4.69) is 4.98 Å². The van der Waals surface area contributed by atoms with Crippen molar-refractivity contribution in [3.05, 3.63) is 18.2 Å². The van der Waals surface area contributed by atoms with Crippen LogP contribution in [-0.4, -0.2) is 27.4 Å². The van der Waals surface area contributed by atoms with Crippen LogP contribution in [0.5, 0.6) is 0 Å². The molecule has 1 aliphatic carbocycles. The van der Waals surface area contributed by atoms with E-state index < -0.39 is 0 Å². The van der Waals surface area contributed by atoms with E-state index in [0.29, 0.717) is 19.1 Å². The lowest BCUT2D eigenvalue weighted by atomic mass is 9.85. The standard InChI is InChI=1S/C15H26N2O2/c1-3-19-12(2)15-16-9-10-17(15)11-14(18)13-7-5-4-6-8-13/h9-10,12-14,18H,3-8,11H2,1-2H3. The van der Waals surface area contributed by atoms with Gasteiger partial charge >= 0.3 is 0 Å². The summed E-state index contributed by atoms with van der Waals surface area (Å²) in [6, 6.07) is 0. The third-order valence-corrected chi connectivity index (χ3v) is 4.11. The van der Waals surface area contributed by atoms with E-state index in [1.807, 2.05) is 24.6 Å². The lowest BCUT2D eigenvalue weighted by molar-refractivity contribution is 0.0520. The first-order valence-electron chi connectivity index (χ1n) is 7.53. The summed E-state index contributed by atoms with van der Waals surface area (Å²) < 4.78 is 7.63. The molecule has 1 aliphatic rings. The monoisotopic (exact) mass is 266 g/mol. The number of rotatable bonds is 6. The van der Waals surface area contributed by atoms with Gasteiger partial charge in [0.2, 0.25) is 0 Å². The van der Waals surface area contributed by atoms with Crippen molar-refractivity contribution in [2.45, 2.75) is 64.7 Å². The Kier molecular flexibility index (Phi) is 5.40. The maximum Gasteiger partial charge on any atom is 0.137 e. The molecule has 2 unspecified atom stereocenters. The Hall–Kier alpha value is -0.870. The molecule has 4 nitrogen and oxygen atoms in total. The lowest BCUT2D eigenvalue weighted by Crippen LogP contribution is -2.28. The molecule has 0 bridgehead atoms. The third-order valence-electron chi connectivity index (χ3n) is 4.11. The van der Waals surface area contributed by atoms with Gasteiger partial charge in [-0.2, -0.15) is 0 Å². The van der Waals surface area contributed by atoms with Crippen molar-refractivity contribution < 1.29 is 9.84 Å². The number of aliphatic hydroxyl groups excluding tert-OH is 1. The SMILES string of the molecule is CCOC(C)c1nccn1CC(O)C1CCCCC1. The van der Waals surface area contributed by atoms with Crippen molar-refractivity contribution in [2.24, 2.45) is 5.92 Å². The van der Waals surface area contributed by atoms with E-state index in [0.717, 1.165) is 18.7 Å². The van der Waals surface area contributed by atoms with Gasteiger partial charge in [0, 0.05) is 19.0 Å². The molecule has 0 aliphatic heterocycles. The molecule has 19 heavy (non-hydrogen) atoms. The van der Waals surface area contributed by atoms with Crippen molar-refractivity contribution in [1.29, 1.82) is 0 Å². The maximum absolute atomic E-state index is 10.4. The minimum Gasteiger partial charge on any atom is -0.391 e. The molecule has 1 saturated carbocycles. The van der Waals surface area contributed by atoms with Gasteiger partial charge in [0.05, 0.1) is 12.6 Å². The first kappa shape index (κ1) is 14.5. The second kappa shape index (κ2) is 7.06. The molecule has 0 saturated heterocycles. The van der Waals surface area contributed by atoms with E-state index in [4.69, 9.17) is 4.74 Å². The van der Waals surface area contributed by atoms with Crippen LogP contribution in [0.15, 0.2) is 12.4 Å². The van der Waals surface area contributed by atoms with Crippen LogP contribution >= 0.6 is 0 Å². The van der Waals surface area contributed by atoms with Gasteiger partial charge in [-0.1, -0.05) is 19.3 Å². The van der Waals surface area contributed by atoms with Crippen LogP contribution in [0.25, 0.3) is 0 Å². The molecule has 4 heteroatoms. The Balaban J connectivity index is 1.96. The predicted octanol–water partition coefficient (Wildman–Crippen LogP) is 2.92. The molecule has 1 fully saturated rings. The first-order chi connectivity index (χ1) is 9.22. The Morgan fingerprint density at radius 2 is 2.16 bits per heavy atom. The maximum atomic E-state index is 10.4. The van der Waals surface area contributed by atoms with Crippen molar-refractivity contribution in [3.63, 3.8) is 0 Å². The van der Waals surface area contributed by atoms with Gasteiger partial charge in [0.25, 0.3) is 0 Å². The highest BCUT2D eigenvalue weighted by atomic mass is 16.5. The van der Waals surface area contributed by atoms with Gasteiger partial charge in [0.15, 0.2) is 0 Å². The summed E-state index contributed by atoms with van der Waals surface area (Å²) in [6.07, 6.45) is 9.61. The van der Waals surface area contributed by atoms with Crippen LogP contribution in [0.1, 0.15) is 57.9 Å². The highest BCUT2D eigenvalue weighted by Gasteiger charge is 2.23. The van der Waals surface area contributed by atoms with Crippen molar-refractivity contribution >= 4 is 0 Å². The van der Waals surface area contributed by atoms with Crippen molar-refractivity contribution in [3.8, 4) is 0 Å². The molecular formula is C15H26N2O2. The fraction of sp³-hybridized carbons (Fsp3) is 0.800. The van der Waals surface area contributed by atoms with E-state index >= 15 is 0 Å². The van der Waals surface area contributed by atoms with Crippen LogP contribution in [0, 0.1) is 5.92 Å². The Morgan fingerprint density at radius 1 is 1.42 bits per heavy atom. The first-order valence-corrected chi connectivity index (χ1v) is 7.53. The van der Waals surface area contributed by atoms with Crippen molar-refractivity contribution in [1.82, 2.24) is 9.55 Å². The third kappa shape index (κ3) is 3.80. The molecule has 1 aromatic rings. The molecule has 0 amide bonds. The molecule has 1 N–H and O–H groups in total.